The van der Waals surface area contributed by atoms with Gasteiger partial charge in [0.05, 0.1) is 5.01 Å². The average Bonchev–Trinajstić information content (AvgIpc) is 3.41. The largest absolute Gasteiger partial charge is 0.434 e. The van der Waals surface area contributed by atoms with E-state index in [2.05, 4.69) is 25.1 Å². The molecule has 29 heavy (non-hydrogen) atoms. The summed E-state index contributed by atoms with van der Waals surface area (Å²) < 4.78 is 37.9. The Morgan fingerprint density at radius 1 is 1.24 bits per heavy atom. The molecule has 164 valence electrons. The summed E-state index contributed by atoms with van der Waals surface area (Å²) >= 11 is 1.06. The predicted molar refractivity (Wildman–Crippen MR) is 120 cm³/mol. The van der Waals surface area contributed by atoms with E-state index in [1.165, 1.54) is 25.7 Å². The molecular weight excluding hydrogens is 514 g/mol. The summed E-state index contributed by atoms with van der Waals surface area (Å²) in [5.74, 6) is 2.71. The molecule has 1 aromatic rings. The van der Waals surface area contributed by atoms with Crippen LogP contribution in [-0.4, -0.2) is 66.6 Å². The van der Waals surface area contributed by atoms with Gasteiger partial charge in [0, 0.05) is 57.6 Å². The van der Waals surface area contributed by atoms with Crippen molar-refractivity contribution in [3.63, 3.8) is 0 Å². The highest BCUT2D eigenvalue weighted by atomic mass is 127. The lowest BCUT2D eigenvalue weighted by atomic mass is 9.93. The van der Waals surface area contributed by atoms with Crippen LogP contribution in [-0.2, 0) is 12.6 Å². The van der Waals surface area contributed by atoms with Crippen molar-refractivity contribution in [2.75, 3.05) is 39.8 Å². The Kier molecular flexibility index (Phi) is 7.69. The molecule has 0 radical (unpaired) electrons. The first-order chi connectivity index (χ1) is 13.4. The van der Waals surface area contributed by atoms with Crippen molar-refractivity contribution >= 4 is 41.3 Å². The highest BCUT2D eigenvalue weighted by Crippen LogP contribution is 2.46. The van der Waals surface area contributed by atoms with Crippen LogP contribution in [0.1, 0.15) is 36.4 Å². The van der Waals surface area contributed by atoms with Crippen LogP contribution in [0.3, 0.4) is 0 Å². The molecule has 4 rings (SSSR count). The van der Waals surface area contributed by atoms with Crippen LogP contribution in [0.15, 0.2) is 10.4 Å². The lowest BCUT2D eigenvalue weighted by Gasteiger charge is -2.41. The summed E-state index contributed by atoms with van der Waals surface area (Å²) in [5, 5.41) is 4.87. The Morgan fingerprint density at radius 2 is 2.00 bits per heavy atom. The second-order valence-electron chi connectivity index (χ2n) is 8.11. The minimum atomic E-state index is -4.36. The third-order valence-corrected chi connectivity index (χ3v) is 7.37. The minimum Gasteiger partial charge on any atom is -0.356 e. The number of aromatic nitrogens is 1. The first-order valence-electron chi connectivity index (χ1n) is 10.2. The third-order valence-electron chi connectivity index (χ3n) is 6.46. The standard InChI is InChI=1S/C19H28F3N5S.HI/c1-23-18(24-5-4-17-25-16(12-28-17)19(20,21)22)27-8-6-26(7-9-27)15-11-13-2-3-14(15)10-13;/h12-15H,2-11H2,1H3,(H,23,24);1H. The molecule has 3 unspecified atom stereocenters. The van der Waals surface area contributed by atoms with E-state index in [1.807, 2.05) is 0 Å². The van der Waals surface area contributed by atoms with Gasteiger partial charge in [-0.1, -0.05) is 6.42 Å². The van der Waals surface area contributed by atoms with Gasteiger partial charge in [-0.25, -0.2) is 4.98 Å². The van der Waals surface area contributed by atoms with E-state index in [4.69, 9.17) is 0 Å². The van der Waals surface area contributed by atoms with Crippen LogP contribution in [0.4, 0.5) is 13.2 Å². The number of alkyl halides is 3. The number of rotatable bonds is 4. The van der Waals surface area contributed by atoms with Gasteiger partial charge in [0.25, 0.3) is 0 Å². The number of nitrogens with one attached hydrogen (secondary N) is 1. The Bertz CT molecular complexity index is 702. The van der Waals surface area contributed by atoms with Crippen molar-refractivity contribution in [2.24, 2.45) is 16.8 Å². The summed E-state index contributed by atoms with van der Waals surface area (Å²) in [5.41, 5.74) is -0.798. The second kappa shape index (κ2) is 9.67. The van der Waals surface area contributed by atoms with Gasteiger partial charge in [-0.2, -0.15) is 13.2 Å². The molecule has 5 nitrogen and oxygen atoms in total. The first kappa shape index (κ1) is 23.1. The molecule has 0 amide bonds. The molecule has 0 aromatic carbocycles. The number of hydrogen-bond acceptors (Lipinski definition) is 4. The predicted octanol–water partition coefficient (Wildman–Crippen LogP) is 3.70. The normalized spacial score (nSPS) is 27.9. The monoisotopic (exact) mass is 543 g/mol. The molecule has 1 aliphatic heterocycles. The lowest BCUT2D eigenvalue weighted by Crippen LogP contribution is -2.55. The van der Waals surface area contributed by atoms with Gasteiger partial charge in [0.2, 0.25) is 0 Å². The van der Waals surface area contributed by atoms with E-state index in [-0.39, 0.29) is 24.0 Å². The number of guanidine groups is 1. The molecule has 3 atom stereocenters. The van der Waals surface area contributed by atoms with Crippen molar-refractivity contribution in [3.05, 3.63) is 16.1 Å². The summed E-state index contributed by atoms with van der Waals surface area (Å²) in [6.07, 6.45) is 1.75. The molecule has 3 aliphatic rings. The second-order valence-corrected chi connectivity index (χ2v) is 9.06. The maximum absolute atomic E-state index is 12.6. The molecular formula is C19H29F3IN5S. The minimum absolute atomic E-state index is 0. The molecule has 1 N–H and O–H groups in total. The lowest BCUT2D eigenvalue weighted by molar-refractivity contribution is -0.140. The molecule has 2 saturated carbocycles. The maximum atomic E-state index is 12.6. The highest BCUT2D eigenvalue weighted by molar-refractivity contribution is 14.0. The SMILES string of the molecule is CN=C(NCCc1nc(C(F)(F)F)cs1)N1CCN(C2CC3CCC2C3)CC1.I. The third kappa shape index (κ3) is 5.36. The van der Waals surface area contributed by atoms with E-state index < -0.39 is 11.9 Å². The van der Waals surface area contributed by atoms with Crippen LogP contribution < -0.4 is 5.32 Å². The molecule has 10 heteroatoms. The number of nitrogens with zero attached hydrogens (tertiary/aromatic N) is 4. The van der Waals surface area contributed by atoms with E-state index in [1.54, 1.807) is 7.05 Å². The Labute approximate surface area is 191 Å². The molecule has 0 spiro atoms. The summed E-state index contributed by atoms with van der Waals surface area (Å²) in [6, 6.07) is 0.781. The van der Waals surface area contributed by atoms with Gasteiger partial charge in [-0.15, -0.1) is 35.3 Å². The van der Waals surface area contributed by atoms with Gasteiger partial charge in [-0.05, 0) is 31.1 Å². The molecule has 2 bridgehead atoms. The quantitative estimate of drug-likeness (QED) is 0.358. The van der Waals surface area contributed by atoms with E-state index in [0.29, 0.717) is 18.0 Å². The van der Waals surface area contributed by atoms with E-state index in [9.17, 15) is 13.2 Å². The van der Waals surface area contributed by atoms with Crippen LogP contribution in [0.2, 0.25) is 0 Å². The highest BCUT2D eigenvalue weighted by Gasteiger charge is 2.42. The first-order valence-corrected chi connectivity index (χ1v) is 11.0. The Morgan fingerprint density at radius 3 is 2.55 bits per heavy atom. The zero-order valence-corrected chi connectivity index (χ0v) is 19.8. The molecule has 1 aromatic heterocycles. The fourth-order valence-electron chi connectivity index (χ4n) is 5.09. The van der Waals surface area contributed by atoms with Gasteiger partial charge < -0.3 is 10.2 Å². The van der Waals surface area contributed by atoms with Crippen LogP contribution >= 0.6 is 35.3 Å². The molecule has 3 fully saturated rings. The van der Waals surface area contributed by atoms with E-state index in [0.717, 1.165) is 66.7 Å². The van der Waals surface area contributed by atoms with Gasteiger partial charge >= 0.3 is 6.18 Å². The fraction of sp³-hybridized carbons (Fsp3) is 0.789. The number of hydrogen-bond donors (Lipinski definition) is 1. The summed E-state index contributed by atoms with van der Waals surface area (Å²) in [6.45, 7) is 4.56. The van der Waals surface area contributed by atoms with Gasteiger partial charge in [0.1, 0.15) is 0 Å². The van der Waals surface area contributed by atoms with Crippen molar-refractivity contribution in [1.29, 1.82) is 0 Å². The maximum Gasteiger partial charge on any atom is 0.434 e. The Balaban J connectivity index is 0.00000240. The van der Waals surface area contributed by atoms with E-state index >= 15 is 0 Å². The van der Waals surface area contributed by atoms with Gasteiger partial charge in [0.15, 0.2) is 11.7 Å². The number of aliphatic imine (C=N–C) groups is 1. The van der Waals surface area contributed by atoms with Crippen LogP contribution in [0.25, 0.3) is 0 Å². The van der Waals surface area contributed by atoms with Crippen molar-refractivity contribution < 1.29 is 13.2 Å². The number of halogens is 4. The van der Waals surface area contributed by atoms with Crippen LogP contribution in [0.5, 0.6) is 0 Å². The van der Waals surface area contributed by atoms with Crippen molar-refractivity contribution in [2.45, 2.75) is 44.3 Å². The number of piperazine rings is 1. The fourth-order valence-corrected chi connectivity index (χ4v) is 5.90. The zero-order chi connectivity index (χ0) is 19.7. The zero-order valence-electron chi connectivity index (χ0n) is 16.6. The topological polar surface area (TPSA) is 43.8 Å². The van der Waals surface area contributed by atoms with Crippen molar-refractivity contribution in [1.82, 2.24) is 20.1 Å². The molecule has 2 aliphatic carbocycles. The summed E-state index contributed by atoms with van der Waals surface area (Å²) in [7, 11) is 1.76. The average molecular weight is 543 g/mol. The molecule has 2 heterocycles. The van der Waals surface area contributed by atoms with Crippen LogP contribution in [0, 0.1) is 11.8 Å². The Hall–Kier alpha value is -0.620. The van der Waals surface area contributed by atoms with Crippen molar-refractivity contribution in [3.8, 4) is 0 Å². The number of thiazole rings is 1. The number of fused-ring (bicyclic) bond motifs is 2. The molecule has 1 saturated heterocycles. The summed E-state index contributed by atoms with van der Waals surface area (Å²) in [4.78, 5) is 13.0. The van der Waals surface area contributed by atoms with Gasteiger partial charge in [-0.3, -0.25) is 9.89 Å². The smallest absolute Gasteiger partial charge is 0.356 e.